The minimum atomic E-state index is -1.47. The van der Waals surface area contributed by atoms with Gasteiger partial charge in [-0.3, -0.25) is 9.59 Å². The summed E-state index contributed by atoms with van der Waals surface area (Å²) in [5.74, 6) is 2.62. The number of carbonyl (C=O) groups excluding carboxylic acids is 2. The molecule has 8 heterocycles. The zero-order valence-electron chi connectivity index (χ0n) is 48.5. The van der Waals surface area contributed by atoms with Crippen molar-refractivity contribution in [2.45, 2.75) is 49.0 Å². The normalized spacial score (nSPS) is 22.8. The number of methoxy groups -OCH3 is 4. The Hall–Kier alpha value is -9.22. The van der Waals surface area contributed by atoms with Gasteiger partial charge in [0.15, 0.2) is 58.4 Å². The number of carbonyl (C=O) groups is 2. The molecule has 3 saturated heterocycles. The SMILES string of the molecule is C#Cc1cccc(Nc2ncnc3cc(OCCOC)c(OCCOC)cc23)c1.COc1cc([C@@H]2c3cc4c(cc3[C@@H](O[C@@H]3O[C@@H]5COC(c6cccs6)O[C@H]5[C@H](O)[C@H]3O)[C@H]3COC(=O)[C@H]23)OCO4)cc(OC)c1O.Cn1nnc2c(C(N)=O)ncn2c1=O. The number of aliphatic hydroxyl groups is 2. The first-order valence-electron chi connectivity index (χ1n) is 27.7. The van der Waals surface area contributed by atoms with E-state index in [1.165, 1.54) is 45.3 Å². The Bertz CT molecular complexity index is 3950. The number of aliphatic hydroxyl groups excluding tert-OH is 2. The molecule has 4 aliphatic heterocycles. The number of benzene rings is 4. The van der Waals surface area contributed by atoms with Crippen molar-refractivity contribution in [3.8, 4) is 52.6 Å². The van der Waals surface area contributed by atoms with Crippen LogP contribution in [-0.2, 0) is 45.0 Å². The van der Waals surface area contributed by atoms with Gasteiger partial charge in [-0.2, -0.15) is 4.68 Å². The number of ether oxygens (including phenoxy) is 13. The van der Waals surface area contributed by atoms with E-state index in [9.17, 15) is 29.7 Å². The number of aryl methyl sites for hydroxylation is 1. The largest absolute Gasteiger partial charge is 0.502 e. The standard InChI is InChI=1S/C32H32O13S.C22H23N3O4.C6H6N6O2/c1-37-19-6-13(7-20(38-2)25(19)33)23-14-8-17-18(42-12-41-17)9-15(14)28(16-10-39-30(36)24(16)23)44-32-27(35)26(34)29-21(43-32)11-40-31(45-29)22-4-3-5-46-22;1-4-16-6-5-7-17(12-16)25-22-18-13-20(28-10-8-26-2)21(29-11-9-27-3)14-19(18)23-15-24-22;1-11-6(14)12-2-8-3(4(7)13)5(12)9-10-11/h3-9,16,21,23-24,26-29,31-35H,10-12H2,1-2H3;1,5-7,12-15H,8-11H2,2-3H3,(H,23,24,25);2H,1H3,(H2,7,13)/t16-,21+,23+,24-,26+,27+,28+,29+,31?,32-;;/m0../s1. The van der Waals surface area contributed by atoms with E-state index in [2.05, 4.69) is 36.5 Å². The van der Waals surface area contributed by atoms with Crippen LogP contribution >= 0.6 is 11.3 Å². The number of nitrogens with one attached hydrogen (secondary N) is 1. The third-order valence-electron chi connectivity index (χ3n) is 15.2. The maximum Gasteiger partial charge on any atom is 0.352 e. The summed E-state index contributed by atoms with van der Waals surface area (Å²) < 4.78 is 76.5. The molecule has 4 aromatic heterocycles. The lowest BCUT2D eigenvalue weighted by atomic mass is 9.66. The number of aromatic hydroxyl groups is 1. The smallest absolute Gasteiger partial charge is 0.352 e. The second kappa shape index (κ2) is 27.0. The van der Waals surface area contributed by atoms with Crippen molar-refractivity contribution in [2.75, 3.05) is 80.2 Å². The van der Waals surface area contributed by atoms with E-state index < -0.39 is 78.4 Å². The summed E-state index contributed by atoms with van der Waals surface area (Å²) in [4.78, 5) is 49.0. The summed E-state index contributed by atoms with van der Waals surface area (Å²) in [6, 6.07) is 21.9. The number of amides is 1. The third-order valence-corrected chi connectivity index (χ3v) is 16.1. The summed E-state index contributed by atoms with van der Waals surface area (Å²) >= 11 is 1.46. The van der Waals surface area contributed by atoms with Gasteiger partial charge in [0, 0.05) is 55.8 Å². The minimum absolute atomic E-state index is 0.0242. The number of imidazole rings is 1. The number of phenolic OH excluding ortho intramolecular Hbond substituents is 1. The highest BCUT2D eigenvalue weighted by Gasteiger charge is 2.56. The second-order valence-corrected chi connectivity index (χ2v) is 21.5. The molecular weight excluding hydrogens is 1180 g/mol. The molecule has 29 heteroatoms. The van der Waals surface area contributed by atoms with Gasteiger partial charge in [0.1, 0.15) is 56.1 Å². The highest BCUT2D eigenvalue weighted by atomic mass is 32.1. The van der Waals surface area contributed by atoms with Gasteiger partial charge in [0.25, 0.3) is 5.91 Å². The second-order valence-electron chi connectivity index (χ2n) is 20.5. The van der Waals surface area contributed by atoms with Crippen molar-refractivity contribution in [3.05, 3.63) is 134 Å². The van der Waals surface area contributed by atoms with Gasteiger partial charge >= 0.3 is 11.7 Å². The molecule has 4 aromatic carbocycles. The molecule has 1 unspecified atom stereocenters. The van der Waals surface area contributed by atoms with E-state index in [0.29, 0.717) is 71.9 Å². The predicted molar refractivity (Wildman–Crippen MR) is 312 cm³/mol. The van der Waals surface area contributed by atoms with Crippen LogP contribution in [0.3, 0.4) is 0 Å². The lowest BCUT2D eigenvalue weighted by Crippen LogP contribution is -2.62. The topological polar surface area (TPSA) is 344 Å². The molecule has 0 radical (unpaired) electrons. The Morgan fingerprint density at radius 1 is 0.843 bits per heavy atom. The summed E-state index contributed by atoms with van der Waals surface area (Å²) in [6.45, 7) is 1.90. The third kappa shape index (κ3) is 12.6. The maximum atomic E-state index is 13.5. The van der Waals surface area contributed by atoms with Crippen LogP contribution < -0.4 is 45.2 Å². The van der Waals surface area contributed by atoms with Crippen LogP contribution in [0.25, 0.3) is 16.6 Å². The van der Waals surface area contributed by atoms with Crippen molar-refractivity contribution in [1.29, 1.82) is 0 Å². The number of terminal acetylenes is 1. The Kier molecular flexibility index (Phi) is 18.7. The molecule has 10 atom stereocenters. The Labute approximate surface area is 510 Å². The number of cyclic esters (lactones) is 1. The number of aromatic nitrogens is 7. The van der Waals surface area contributed by atoms with E-state index in [-0.39, 0.29) is 48.6 Å². The first-order chi connectivity index (χ1) is 43.2. The molecule has 0 spiro atoms. The van der Waals surface area contributed by atoms with Gasteiger partial charge in [0.2, 0.25) is 12.5 Å². The summed E-state index contributed by atoms with van der Waals surface area (Å²) in [7, 11) is 7.56. The molecule has 89 heavy (non-hydrogen) atoms. The van der Waals surface area contributed by atoms with Crippen LogP contribution in [0.15, 0.2) is 95.6 Å². The number of nitrogens with two attached hydrogens (primary N) is 1. The molecule has 1 amide bonds. The van der Waals surface area contributed by atoms with Crippen LogP contribution in [0.2, 0.25) is 0 Å². The average molecular weight is 1240 g/mol. The summed E-state index contributed by atoms with van der Waals surface area (Å²) in [5, 5.41) is 46.2. The fourth-order valence-corrected chi connectivity index (χ4v) is 11.6. The van der Waals surface area contributed by atoms with Crippen LogP contribution in [0, 0.1) is 24.2 Å². The van der Waals surface area contributed by atoms with Crippen molar-refractivity contribution in [2.24, 2.45) is 24.6 Å². The molecule has 28 nitrogen and oxygen atoms in total. The van der Waals surface area contributed by atoms with Crippen LogP contribution in [0.5, 0.6) is 40.2 Å². The van der Waals surface area contributed by atoms with Crippen molar-refractivity contribution < 1.29 is 86.5 Å². The first kappa shape index (κ1) is 61.4. The van der Waals surface area contributed by atoms with Crippen LogP contribution in [0.4, 0.5) is 11.5 Å². The Morgan fingerprint density at radius 3 is 2.26 bits per heavy atom. The van der Waals surface area contributed by atoms with Gasteiger partial charge in [-0.05, 0) is 76.7 Å². The fraction of sp³-hybridized carbons (Fsp3) is 0.367. The van der Waals surface area contributed by atoms with E-state index in [4.69, 9.17) is 73.7 Å². The highest BCUT2D eigenvalue weighted by molar-refractivity contribution is 7.10. The number of rotatable bonds is 17. The molecule has 1 aliphatic carbocycles. The minimum Gasteiger partial charge on any atom is -0.502 e. The van der Waals surface area contributed by atoms with Crippen LogP contribution in [0.1, 0.15) is 55.9 Å². The molecule has 0 bridgehead atoms. The number of primary amides is 1. The molecule has 3 fully saturated rings. The quantitative estimate of drug-likeness (QED) is 0.0487. The Balaban J connectivity index is 0.000000161. The molecule has 6 N–H and O–H groups in total. The zero-order chi connectivity index (χ0) is 62.5. The number of anilines is 2. The van der Waals surface area contributed by atoms with E-state index >= 15 is 0 Å². The molecular formula is C60H61N9O19S. The van der Waals surface area contributed by atoms with Crippen LogP contribution in [-0.4, -0.2) is 167 Å². The summed E-state index contributed by atoms with van der Waals surface area (Å²) in [6.07, 6.45) is 1.02. The van der Waals surface area contributed by atoms with E-state index in [0.717, 1.165) is 36.1 Å². The van der Waals surface area contributed by atoms with Crippen molar-refractivity contribution in [3.63, 3.8) is 0 Å². The van der Waals surface area contributed by atoms with Gasteiger partial charge in [-0.15, -0.1) is 22.9 Å². The first-order valence-corrected chi connectivity index (χ1v) is 28.5. The predicted octanol–water partition coefficient (Wildman–Crippen LogP) is 4.08. The van der Waals surface area contributed by atoms with Crippen molar-refractivity contribution >= 4 is 51.3 Å². The van der Waals surface area contributed by atoms with Gasteiger partial charge < -0.3 is 87.9 Å². The molecule has 466 valence electrons. The maximum absolute atomic E-state index is 13.5. The number of hydrogen-bond donors (Lipinski definition) is 5. The molecule has 8 aromatic rings. The highest BCUT2D eigenvalue weighted by Crippen LogP contribution is 2.57. The average Bonchev–Trinajstić information content (AvgIpc) is 1.71. The fourth-order valence-electron chi connectivity index (χ4n) is 10.9. The monoisotopic (exact) mass is 1240 g/mol. The number of thiophene rings is 1. The van der Waals surface area contributed by atoms with Gasteiger partial charge in [-0.1, -0.05) is 23.3 Å². The number of fused-ring (bicyclic) bond motifs is 6. The summed E-state index contributed by atoms with van der Waals surface area (Å²) in [5.41, 5.74) is 8.94. The lowest BCUT2D eigenvalue weighted by molar-refractivity contribution is -0.368. The number of esters is 1. The number of nitrogens with zero attached hydrogens (tertiary/aromatic N) is 7. The lowest BCUT2D eigenvalue weighted by Gasteiger charge is -2.48. The van der Waals surface area contributed by atoms with E-state index in [1.54, 1.807) is 32.4 Å². The number of phenols is 1. The van der Waals surface area contributed by atoms with E-state index in [1.807, 2.05) is 60.0 Å². The molecule has 5 aliphatic rings. The Morgan fingerprint density at radius 2 is 1.57 bits per heavy atom. The molecule has 13 rings (SSSR count). The van der Waals surface area contributed by atoms with Gasteiger partial charge in [-0.25, -0.2) is 24.1 Å². The van der Waals surface area contributed by atoms with Crippen molar-refractivity contribution in [1.82, 2.24) is 34.3 Å². The zero-order valence-corrected chi connectivity index (χ0v) is 49.3. The molecule has 0 saturated carbocycles. The van der Waals surface area contributed by atoms with Gasteiger partial charge in [0.05, 0.1) is 63.1 Å². The number of hydrogen-bond acceptors (Lipinski definition) is 26.